The summed E-state index contributed by atoms with van der Waals surface area (Å²) in [7, 11) is 0. The molecule has 0 aliphatic carbocycles. The van der Waals surface area contributed by atoms with Crippen LogP contribution in [0.2, 0.25) is 5.02 Å². The van der Waals surface area contributed by atoms with Crippen molar-refractivity contribution in [2.75, 3.05) is 43.1 Å². The van der Waals surface area contributed by atoms with E-state index in [1.165, 1.54) is 5.69 Å². The van der Waals surface area contributed by atoms with Crippen LogP contribution in [-0.4, -0.2) is 45.0 Å². The van der Waals surface area contributed by atoms with Crippen molar-refractivity contribution in [2.45, 2.75) is 6.92 Å². The highest BCUT2D eigenvalue weighted by atomic mass is 35.5. The molecule has 7 heteroatoms. The van der Waals surface area contributed by atoms with Crippen LogP contribution in [0.15, 0.2) is 71.7 Å². The molecule has 1 heterocycles. The lowest BCUT2D eigenvalue weighted by Crippen LogP contribution is -2.36. The highest BCUT2D eigenvalue weighted by molar-refractivity contribution is 6.32. The molecule has 0 unspecified atom stereocenters. The Bertz CT molecular complexity index is 1110. The third-order valence-corrected chi connectivity index (χ3v) is 5.53. The van der Waals surface area contributed by atoms with E-state index in [1.54, 1.807) is 18.3 Å². The first kappa shape index (κ1) is 22.8. The van der Waals surface area contributed by atoms with Gasteiger partial charge in [-0.05, 0) is 67.1 Å². The monoisotopic (exact) mass is 463 g/mol. The number of nitrogens with one attached hydrogen (secondary N) is 1. The summed E-state index contributed by atoms with van der Waals surface area (Å²) in [6.07, 6.45) is 1.75. The fourth-order valence-corrected chi connectivity index (χ4v) is 3.66. The zero-order chi connectivity index (χ0) is 23.0. The minimum atomic E-state index is -0.249. The van der Waals surface area contributed by atoms with Crippen molar-refractivity contribution in [1.82, 2.24) is 0 Å². The average molecular weight is 464 g/mol. The first-order valence-electron chi connectivity index (χ1n) is 10.8. The van der Waals surface area contributed by atoms with Crippen LogP contribution in [0.5, 0.6) is 5.75 Å². The van der Waals surface area contributed by atoms with Crippen LogP contribution < -0.4 is 15.0 Å². The van der Waals surface area contributed by atoms with E-state index in [2.05, 4.69) is 27.3 Å². The number of carbonyl (C=O) groups excluding carboxylic acids is 1. The Labute approximate surface area is 198 Å². The first-order valence-corrected chi connectivity index (χ1v) is 11.2. The van der Waals surface area contributed by atoms with Crippen LogP contribution in [0.4, 0.5) is 17.1 Å². The zero-order valence-corrected chi connectivity index (χ0v) is 19.2. The van der Waals surface area contributed by atoms with E-state index in [1.807, 2.05) is 49.4 Å². The van der Waals surface area contributed by atoms with E-state index >= 15 is 0 Å². The molecule has 3 aromatic rings. The fourth-order valence-electron chi connectivity index (χ4n) is 3.41. The number of aliphatic imine (C=N–C) groups is 1. The Morgan fingerprint density at radius 2 is 1.82 bits per heavy atom. The number of ether oxygens (including phenoxy) is 2. The highest BCUT2D eigenvalue weighted by Crippen LogP contribution is 2.26. The van der Waals surface area contributed by atoms with Crippen LogP contribution in [0.3, 0.4) is 0 Å². The molecule has 1 aliphatic heterocycles. The summed E-state index contributed by atoms with van der Waals surface area (Å²) in [5, 5.41) is 3.22. The third kappa shape index (κ3) is 6.57. The summed E-state index contributed by atoms with van der Waals surface area (Å²) in [4.78, 5) is 19.0. The quantitative estimate of drug-likeness (QED) is 0.486. The molecule has 170 valence electrons. The summed E-state index contributed by atoms with van der Waals surface area (Å²) < 4.78 is 11.0. The lowest BCUT2D eigenvalue weighted by atomic mass is 10.2. The molecule has 1 N–H and O–H groups in total. The Kier molecular flexibility index (Phi) is 7.60. The number of morpholine rings is 1. The van der Waals surface area contributed by atoms with Gasteiger partial charge >= 0.3 is 0 Å². The number of halogens is 1. The molecule has 1 fully saturated rings. The lowest BCUT2D eigenvalue weighted by Gasteiger charge is -2.28. The van der Waals surface area contributed by atoms with Gasteiger partial charge in [-0.25, -0.2) is 0 Å². The minimum absolute atomic E-state index is 0.128. The maximum atomic E-state index is 12.1. The van der Waals surface area contributed by atoms with Gasteiger partial charge in [-0.3, -0.25) is 9.79 Å². The number of amides is 1. The van der Waals surface area contributed by atoms with Crippen molar-refractivity contribution in [1.29, 1.82) is 0 Å². The van der Waals surface area contributed by atoms with Gasteiger partial charge < -0.3 is 19.7 Å². The summed E-state index contributed by atoms with van der Waals surface area (Å²) in [6, 6.07) is 21.1. The minimum Gasteiger partial charge on any atom is -0.482 e. The number of rotatable bonds is 7. The van der Waals surface area contributed by atoms with Crippen molar-refractivity contribution >= 4 is 40.8 Å². The molecule has 0 saturated carbocycles. The maximum Gasteiger partial charge on any atom is 0.262 e. The molecule has 0 aromatic heterocycles. The largest absolute Gasteiger partial charge is 0.482 e. The summed E-state index contributed by atoms with van der Waals surface area (Å²) in [5.41, 5.74) is 4.73. The van der Waals surface area contributed by atoms with Gasteiger partial charge in [0.05, 0.1) is 23.9 Å². The Morgan fingerprint density at radius 1 is 1.09 bits per heavy atom. The van der Waals surface area contributed by atoms with Gasteiger partial charge in [-0.15, -0.1) is 0 Å². The summed E-state index contributed by atoms with van der Waals surface area (Å²) in [6.45, 7) is 5.20. The molecular formula is C26H26ClN3O3. The van der Waals surface area contributed by atoms with Gasteiger partial charge in [0, 0.05) is 30.7 Å². The smallest absolute Gasteiger partial charge is 0.262 e. The number of carbonyl (C=O) groups is 1. The molecule has 0 spiro atoms. The molecule has 1 saturated heterocycles. The van der Waals surface area contributed by atoms with E-state index < -0.39 is 0 Å². The summed E-state index contributed by atoms with van der Waals surface area (Å²) in [5.74, 6) is 0.198. The third-order valence-electron chi connectivity index (χ3n) is 5.24. The standard InChI is InChI=1S/C26H26ClN3O3/c1-19-2-5-22(6-3-19)29-26(31)18-33-25-11-4-20(16-24(25)27)17-28-21-7-9-23(10-8-21)30-12-14-32-15-13-30/h2-11,16-17H,12-15,18H2,1H3,(H,29,31). The first-order chi connectivity index (χ1) is 16.1. The zero-order valence-electron chi connectivity index (χ0n) is 18.5. The highest BCUT2D eigenvalue weighted by Gasteiger charge is 2.11. The predicted octanol–water partition coefficient (Wildman–Crippen LogP) is 5.25. The molecule has 1 aliphatic rings. The molecule has 4 rings (SSSR count). The number of anilines is 2. The molecular weight excluding hydrogens is 438 g/mol. The normalized spacial score (nSPS) is 13.8. The topological polar surface area (TPSA) is 63.2 Å². The van der Waals surface area contributed by atoms with E-state index in [4.69, 9.17) is 21.1 Å². The van der Waals surface area contributed by atoms with Gasteiger partial charge in [-0.2, -0.15) is 0 Å². The molecule has 0 bridgehead atoms. The number of benzene rings is 3. The number of nitrogens with zero attached hydrogens (tertiary/aromatic N) is 2. The predicted molar refractivity (Wildman–Crippen MR) is 133 cm³/mol. The van der Waals surface area contributed by atoms with Crippen molar-refractivity contribution < 1.29 is 14.3 Å². The van der Waals surface area contributed by atoms with Crippen LogP contribution in [0, 0.1) is 6.92 Å². The van der Waals surface area contributed by atoms with Crippen LogP contribution in [0.1, 0.15) is 11.1 Å². The van der Waals surface area contributed by atoms with Crippen molar-refractivity contribution in [2.24, 2.45) is 4.99 Å². The van der Waals surface area contributed by atoms with Gasteiger partial charge in [0.2, 0.25) is 0 Å². The fraction of sp³-hybridized carbons (Fsp3) is 0.231. The molecule has 0 radical (unpaired) electrons. The maximum absolute atomic E-state index is 12.1. The van der Waals surface area contributed by atoms with E-state index in [0.29, 0.717) is 10.8 Å². The summed E-state index contributed by atoms with van der Waals surface area (Å²) >= 11 is 6.34. The van der Waals surface area contributed by atoms with Gasteiger partial charge in [-0.1, -0.05) is 29.3 Å². The Morgan fingerprint density at radius 3 is 2.52 bits per heavy atom. The van der Waals surface area contributed by atoms with Gasteiger partial charge in [0.1, 0.15) is 5.75 Å². The van der Waals surface area contributed by atoms with Crippen LogP contribution in [-0.2, 0) is 9.53 Å². The van der Waals surface area contributed by atoms with E-state index in [9.17, 15) is 4.79 Å². The molecule has 1 amide bonds. The number of hydrogen-bond donors (Lipinski definition) is 1. The van der Waals surface area contributed by atoms with Gasteiger partial charge in [0.15, 0.2) is 6.61 Å². The number of aryl methyl sites for hydroxylation is 1. The van der Waals surface area contributed by atoms with Crippen LogP contribution in [0.25, 0.3) is 0 Å². The Hall–Kier alpha value is -3.35. The van der Waals surface area contributed by atoms with E-state index in [-0.39, 0.29) is 12.5 Å². The number of hydrogen-bond acceptors (Lipinski definition) is 5. The molecule has 3 aromatic carbocycles. The second-order valence-electron chi connectivity index (χ2n) is 7.77. The van der Waals surface area contributed by atoms with Gasteiger partial charge in [0.25, 0.3) is 5.91 Å². The second-order valence-corrected chi connectivity index (χ2v) is 8.17. The van der Waals surface area contributed by atoms with E-state index in [0.717, 1.165) is 48.8 Å². The van der Waals surface area contributed by atoms with Crippen LogP contribution >= 0.6 is 11.6 Å². The van der Waals surface area contributed by atoms with Crippen molar-refractivity contribution in [3.63, 3.8) is 0 Å². The lowest BCUT2D eigenvalue weighted by molar-refractivity contribution is -0.118. The van der Waals surface area contributed by atoms with Crippen molar-refractivity contribution in [3.8, 4) is 5.75 Å². The Balaban J connectivity index is 1.31. The second kappa shape index (κ2) is 11.0. The SMILES string of the molecule is Cc1ccc(NC(=O)COc2ccc(C=Nc3ccc(N4CCOCC4)cc3)cc2Cl)cc1. The molecule has 6 nitrogen and oxygen atoms in total. The molecule has 0 atom stereocenters. The average Bonchev–Trinajstić information content (AvgIpc) is 2.84. The molecule has 33 heavy (non-hydrogen) atoms. The van der Waals surface area contributed by atoms with Crippen molar-refractivity contribution in [3.05, 3.63) is 82.9 Å².